The molecular formula is C22H34N4O2. The van der Waals surface area contributed by atoms with Crippen molar-refractivity contribution in [1.82, 2.24) is 19.4 Å². The zero-order chi connectivity index (χ0) is 19.7. The summed E-state index contributed by atoms with van der Waals surface area (Å²) in [5, 5.41) is 0. The van der Waals surface area contributed by atoms with Gasteiger partial charge in [0, 0.05) is 44.6 Å². The first-order valence-corrected chi connectivity index (χ1v) is 11.1. The van der Waals surface area contributed by atoms with Crippen molar-refractivity contribution >= 4 is 5.91 Å². The second-order valence-electron chi connectivity index (χ2n) is 9.36. The van der Waals surface area contributed by atoms with Crippen LogP contribution in [-0.4, -0.2) is 58.0 Å². The molecule has 4 heterocycles. The Morgan fingerprint density at radius 1 is 1.11 bits per heavy atom. The molecule has 0 N–H and O–H groups in total. The third-order valence-electron chi connectivity index (χ3n) is 6.66. The van der Waals surface area contributed by atoms with Crippen molar-refractivity contribution in [1.29, 1.82) is 0 Å². The largest absolute Gasteiger partial charge is 0.341 e. The molecule has 154 valence electrons. The molecule has 6 heteroatoms. The van der Waals surface area contributed by atoms with E-state index in [9.17, 15) is 9.59 Å². The zero-order valence-corrected chi connectivity index (χ0v) is 17.4. The molecule has 3 aliphatic rings. The number of carbonyl (C=O) groups is 1. The Bertz CT molecular complexity index is 764. The number of piperidine rings is 1. The summed E-state index contributed by atoms with van der Waals surface area (Å²) in [5.74, 6) is 2.68. The molecule has 2 fully saturated rings. The lowest BCUT2D eigenvalue weighted by molar-refractivity contribution is -0.134. The summed E-state index contributed by atoms with van der Waals surface area (Å²) in [6.45, 7) is 9.32. The third kappa shape index (κ3) is 4.32. The maximum Gasteiger partial charge on any atom is 0.253 e. The molecule has 28 heavy (non-hydrogen) atoms. The Morgan fingerprint density at radius 2 is 1.89 bits per heavy atom. The van der Waals surface area contributed by atoms with Crippen molar-refractivity contribution in [2.75, 3.05) is 32.7 Å². The molecule has 6 nitrogen and oxygen atoms in total. The number of rotatable bonds is 3. The van der Waals surface area contributed by atoms with Crippen molar-refractivity contribution in [2.24, 2.45) is 11.8 Å². The van der Waals surface area contributed by atoms with Gasteiger partial charge in [0.25, 0.3) is 5.56 Å². The maximum atomic E-state index is 12.8. The summed E-state index contributed by atoms with van der Waals surface area (Å²) in [7, 11) is 0. The molecule has 0 saturated carbocycles. The van der Waals surface area contributed by atoms with Crippen LogP contribution in [0, 0.1) is 11.8 Å². The minimum Gasteiger partial charge on any atom is -0.341 e. The lowest BCUT2D eigenvalue weighted by Gasteiger charge is -2.35. The first-order valence-electron chi connectivity index (χ1n) is 11.1. The van der Waals surface area contributed by atoms with Crippen molar-refractivity contribution in [2.45, 2.75) is 64.8 Å². The van der Waals surface area contributed by atoms with Gasteiger partial charge in [0.15, 0.2) is 0 Å². The van der Waals surface area contributed by atoms with Crippen LogP contribution in [0.1, 0.15) is 63.4 Å². The van der Waals surface area contributed by atoms with Crippen LogP contribution in [-0.2, 0) is 17.8 Å². The molecule has 2 saturated heterocycles. The van der Waals surface area contributed by atoms with E-state index in [2.05, 4.69) is 23.6 Å². The van der Waals surface area contributed by atoms with Crippen LogP contribution >= 0.6 is 0 Å². The van der Waals surface area contributed by atoms with E-state index in [1.807, 2.05) is 4.57 Å². The summed E-state index contributed by atoms with van der Waals surface area (Å²) < 4.78 is 1.87. The topological polar surface area (TPSA) is 58.4 Å². The first kappa shape index (κ1) is 19.6. The van der Waals surface area contributed by atoms with Crippen LogP contribution in [0.4, 0.5) is 0 Å². The van der Waals surface area contributed by atoms with Gasteiger partial charge in [-0.25, -0.2) is 4.98 Å². The fourth-order valence-electron chi connectivity index (χ4n) is 5.32. The highest BCUT2D eigenvalue weighted by molar-refractivity contribution is 5.78. The molecule has 0 aromatic carbocycles. The van der Waals surface area contributed by atoms with Crippen molar-refractivity contribution < 1.29 is 4.79 Å². The zero-order valence-electron chi connectivity index (χ0n) is 17.4. The lowest BCUT2D eigenvalue weighted by atomic mass is 9.92. The fraction of sp³-hybridized carbons (Fsp3) is 0.773. The molecule has 3 atom stereocenters. The van der Waals surface area contributed by atoms with E-state index in [1.54, 1.807) is 6.07 Å². The van der Waals surface area contributed by atoms with Gasteiger partial charge in [0.2, 0.25) is 5.91 Å². The number of nitrogens with zero attached hydrogens (tertiary/aromatic N) is 4. The molecule has 0 aliphatic carbocycles. The number of carbonyl (C=O) groups excluding carboxylic acids is 1. The molecule has 0 spiro atoms. The second kappa shape index (κ2) is 8.36. The van der Waals surface area contributed by atoms with Crippen LogP contribution in [0.5, 0.6) is 0 Å². The molecule has 4 rings (SSSR count). The molecule has 0 radical (unpaired) electrons. The van der Waals surface area contributed by atoms with Gasteiger partial charge in [-0.05, 0) is 44.1 Å². The Labute approximate surface area is 167 Å². The summed E-state index contributed by atoms with van der Waals surface area (Å²) in [4.78, 5) is 34.5. The van der Waals surface area contributed by atoms with Gasteiger partial charge in [-0.2, -0.15) is 0 Å². The van der Waals surface area contributed by atoms with E-state index in [4.69, 9.17) is 4.98 Å². The summed E-state index contributed by atoms with van der Waals surface area (Å²) in [6, 6.07) is 1.75. The number of hydrogen-bond donors (Lipinski definition) is 0. The lowest BCUT2D eigenvalue weighted by Crippen LogP contribution is -2.46. The van der Waals surface area contributed by atoms with Gasteiger partial charge < -0.3 is 4.90 Å². The number of aryl methyl sites for hydroxylation is 1. The van der Waals surface area contributed by atoms with Crippen molar-refractivity contribution in [3.8, 4) is 0 Å². The Morgan fingerprint density at radius 3 is 2.68 bits per heavy atom. The molecule has 3 aliphatic heterocycles. The molecular weight excluding hydrogens is 352 g/mol. The summed E-state index contributed by atoms with van der Waals surface area (Å²) in [5.41, 5.74) is 1.04. The Hall–Kier alpha value is -1.69. The van der Waals surface area contributed by atoms with Gasteiger partial charge in [-0.3, -0.25) is 19.1 Å². The predicted octanol–water partition coefficient (Wildman–Crippen LogP) is 2.26. The number of likely N-dealkylation sites (tertiary alicyclic amines) is 2. The molecule has 1 amide bonds. The smallest absolute Gasteiger partial charge is 0.253 e. The number of hydrogen-bond acceptors (Lipinski definition) is 4. The maximum absolute atomic E-state index is 12.8. The summed E-state index contributed by atoms with van der Waals surface area (Å²) >= 11 is 0. The van der Waals surface area contributed by atoms with Gasteiger partial charge in [0.1, 0.15) is 5.82 Å². The van der Waals surface area contributed by atoms with E-state index in [0.29, 0.717) is 18.4 Å². The molecule has 0 bridgehead atoms. The highest BCUT2D eigenvalue weighted by Gasteiger charge is 2.31. The molecule has 1 aromatic rings. The van der Waals surface area contributed by atoms with Crippen LogP contribution in [0.15, 0.2) is 10.9 Å². The van der Waals surface area contributed by atoms with E-state index >= 15 is 0 Å². The van der Waals surface area contributed by atoms with Crippen molar-refractivity contribution in [3.63, 3.8) is 0 Å². The van der Waals surface area contributed by atoms with Gasteiger partial charge in [-0.1, -0.05) is 20.3 Å². The van der Waals surface area contributed by atoms with E-state index in [0.717, 1.165) is 69.9 Å². The summed E-state index contributed by atoms with van der Waals surface area (Å²) in [6.07, 6.45) is 6.47. The van der Waals surface area contributed by atoms with Gasteiger partial charge >= 0.3 is 0 Å². The average Bonchev–Trinajstić information content (AvgIpc) is 2.97. The SMILES string of the molecule is C[C@@H]1C[C@H](C)CN(C(=O)CN2CC[C@H](c3cc(=O)n4c(n3)CCCCC4)C2)C1. The molecule has 0 unspecified atom stereocenters. The van der Waals surface area contributed by atoms with Gasteiger partial charge in [-0.15, -0.1) is 0 Å². The number of amides is 1. The highest BCUT2D eigenvalue weighted by atomic mass is 16.2. The third-order valence-corrected chi connectivity index (χ3v) is 6.66. The van der Waals surface area contributed by atoms with Crippen LogP contribution in [0.25, 0.3) is 0 Å². The van der Waals surface area contributed by atoms with Gasteiger partial charge in [0.05, 0.1) is 12.2 Å². The van der Waals surface area contributed by atoms with Crippen molar-refractivity contribution in [3.05, 3.63) is 27.9 Å². The van der Waals surface area contributed by atoms with Crippen LogP contribution < -0.4 is 5.56 Å². The Kier molecular flexibility index (Phi) is 5.85. The highest BCUT2D eigenvalue weighted by Crippen LogP contribution is 2.27. The Balaban J connectivity index is 1.39. The fourth-order valence-corrected chi connectivity index (χ4v) is 5.32. The van der Waals surface area contributed by atoms with Crippen LogP contribution in [0.3, 0.4) is 0 Å². The monoisotopic (exact) mass is 386 g/mol. The van der Waals surface area contributed by atoms with E-state index in [-0.39, 0.29) is 17.4 Å². The minimum absolute atomic E-state index is 0.104. The van der Waals surface area contributed by atoms with Crippen LogP contribution in [0.2, 0.25) is 0 Å². The number of fused-ring (bicyclic) bond motifs is 1. The van der Waals surface area contributed by atoms with E-state index < -0.39 is 0 Å². The minimum atomic E-state index is 0.104. The van der Waals surface area contributed by atoms with E-state index in [1.165, 1.54) is 12.8 Å². The first-order chi connectivity index (χ1) is 13.5. The quantitative estimate of drug-likeness (QED) is 0.800. The number of aromatic nitrogens is 2. The average molecular weight is 387 g/mol. The predicted molar refractivity (Wildman–Crippen MR) is 109 cm³/mol. The second-order valence-corrected chi connectivity index (χ2v) is 9.36. The molecule has 1 aromatic heterocycles. The normalized spacial score (nSPS) is 28.8. The standard InChI is InChI=1S/C22H34N4O2/c1-16-10-17(2)13-25(12-16)22(28)15-24-9-7-18(14-24)19-11-21(27)26-8-5-3-4-6-20(26)23-19/h11,16-18H,3-10,12-15H2,1-2H3/t16-,17+,18-/m0/s1.